The fourth-order valence-corrected chi connectivity index (χ4v) is 2.48. The van der Waals surface area contributed by atoms with Gasteiger partial charge in [-0.05, 0) is 25.7 Å². The van der Waals surface area contributed by atoms with Gasteiger partial charge in [-0.1, -0.05) is 0 Å². The van der Waals surface area contributed by atoms with E-state index >= 15 is 0 Å². The highest BCUT2D eigenvalue weighted by Crippen LogP contribution is 2.24. The minimum absolute atomic E-state index is 0.633. The first-order valence-electron chi connectivity index (χ1n) is 5.93. The Labute approximate surface area is 107 Å². The zero-order chi connectivity index (χ0) is 12.3. The van der Waals surface area contributed by atoms with E-state index in [1.165, 1.54) is 6.42 Å². The lowest BCUT2D eigenvalue weighted by Crippen LogP contribution is -2.22. The van der Waals surface area contributed by atoms with Crippen molar-refractivity contribution in [2.75, 3.05) is 31.0 Å². The lowest BCUT2D eigenvalue weighted by Gasteiger charge is -2.17. The zero-order valence-corrected chi connectivity index (χ0v) is 11.1. The number of ether oxygens (including phenoxy) is 1. The molecule has 0 N–H and O–H groups in total. The Kier molecular flexibility index (Phi) is 4.05. The molecule has 0 saturated carbocycles. The quantitative estimate of drug-likeness (QED) is 0.774. The van der Waals surface area contributed by atoms with E-state index < -0.39 is 0 Å². The second-order valence-electron chi connectivity index (χ2n) is 4.43. The molecule has 5 heteroatoms. The van der Waals surface area contributed by atoms with E-state index in [0.717, 1.165) is 37.0 Å². The number of methoxy groups -OCH3 is 1. The van der Waals surface area contributed by atoms with Crippen molar-refractivity contribution < 1.29 is 4.74 Å². The molecular formula is C12H18ClN3O. The number of nitrogens with zero attached hydrogens (tertiary/aromatic N) is 3. The molecule has 1 aromatic rings. The van der Waals surface area contributed by atoms with E-state index in [2.05, 4.69) is 14.9 Å². The van der Waals surface area contributed by atoms with Crippen LogP contribution in [0.1, 0.15) is 18.5 Å². The van der Waals surface area contributed by atoms with E-state index in [-0.39, 0.29) is 0 Å². The summed E-state index contributed by atoms with van der Waals surface area (Å²) in [5.74, 6) is 2.81. The number of alkyl halides is 1. The van der Waals surface area contributed by atoms with E-state index in [1.807, 2.05) is 13.0 Å². The first-order chi connectivity index (χ1) is 8.22. The van der Waals surface area contributed by atoms with Gasteiger partial charge < -0.3 is 9.64 Å². The Hall–Kier alpha value is -1.03. The molecule has 1 unspecified atom stereocenters. The number of anilines is 1. The lowest BCUT2D eigenvalue weighted by atomic mass is 10.1. The molecule has 0 aromatic carbocycles. The molecule has 0 radical (unpaired) electrons. The van der Waals surface area contributed by atoms with Crippen LogP contribution >= 0.6 is 11.6 Å². The summed E-state index contributed by atoms with van der Waals surface area (Å²) in [4.78, 5) is 11.1. The second kappa shape index (κ2) is 5.54. The maximum atomic E-state index is 5.78. The van der Waals surface area contributed by atoms with Crippen molar-refractivity contribution >= 4 is 17.5 Å². The van der Waals surface area contributed by atoms with Crippen molar-refractivity contribution in [1.29, 1.82) is 0 Å². The van der Waals surface area contributed by atoms with Crippen LogP contribution in [0.3, 0.4) is 0 Å². The summed E-state index contributed by atoms with van der Waals surface area (Å²) >= 11 is 5.78. The number of hydrogen-bond acceptors (Lipinski definition) is 4. The van der Waals surface area contributed by atoms with Crippen LogP contribution in [0.4, 0.5) is 5.95 Å². The molecule has 2 rings (SSSR count). The minimum atomic E-state index is 0.633. The molecule has 1 atom stereocenters. The zero-order valence-electron chi connectivity index (χ0n) is 10.3. The molecule has 94 valence electrons. The fourth-order valence-electron chi connectivity index (χ4n) is 2.17. The Morgan fingerprint density at radius 2 is 2.35 bits per heavy atom. The average Bonchev–Trinajstić information content (AvgIpc) is 2.77. The standard InChI is InChI=1S/C12H18ClN3O/c1-9-7-11(17-2)15-12(14-9)16-6-4-10(8-16)3-5-13/h7,10H,3-6,8H2,1-2H3. The highest BCUT2D eigenvalue weighted by Gasteiger charge is 2.24. The molecule has 1 fully saturated rings. The summed E-state index contributed by atoms with van der Waals surface area (Å²) in [7, 11) is 1.63. The monoisotopic (exact) mass is 255 g/mol. The molecular weight excluding hydrogens is 238 g/mol. The first-order valence-corrected chi connectivity index (χ1v) is 6.47. The van der Waals surface area contributed by atoms with Gasteiger partial charge in [0.05, 0.1) is 7.11 Å². The molecule has 0 bridgehead atoms. The summed E-state index contributed by atoms with van der Waals surface area (Å²) < 4.78 is 5.17. The molecule has 1 saturated heterocycles. The van der Waals surface area contributed by atoms with E-state index in [0.29, 0.717) is 11.8 Å². The SMILES string of the molecule is COc1cc(C)nc(N2CCC(CCCl)C2)n1. The maximum Gasteiger partial charge on any atom is 0.228 e. The lowest BCUT2D eigenvalue weighted by molar-refractivity contribution is 0.396. The Morgan fingerprint density at radius 1 is 1.53 bits per heavy atom. The molecule has 0 spiro atoms. The van der Waals surface area contributed by atoms with Crippen molar-refractivity contribution in [2.24, 2.45) is 5.92 Å². The average molecular weight is 256 g/mol. The number of halogens is 1. The summed E-state index contributed by atoms with van der Waals surface area (Å²) in [5, 5.41) is 0. The van der Waals surface area contributed by atoms with Gasteiger partial charge in [-0.3, -0.25) is 0 Å². The van der Waals surface area contributed by atoms with E-state index in [1.54, 1.807) is 7.11 Å². The molecule has 4 nitrogen and oxygen atoms in total. The largest absolute Gasteiger partial charge is 0.481 e. The first kappa shape index (κ1) is 12.4. The van der Waals surface area contributed by atoms with Crippen LogP contribution in [-0.2, 0) is 0 Å². The van der Waals surface area contributed by atoms with Crippen molar-refractivity contribution in [3.8, 4) is 5.88 Å². The molecule has 0 aliphatic carbocycles. The van der Waals surface area contributed by atoms with Crippen LogP contribution in [0.2, 0.25) is 0 Å². The van der Waals surface area contributed by atoms with E-state index in [9.17, 15) is 0 Å². The number of rotatable bonds is 4. The van der Waals surface area contributed by atoms with Gasteiger partial charge in [0.25, 0.3) is 0 Å². The molecule has 17 heavy (non-hydrogen) atoms. The van der Waals surface area contributed by atoms with Crippen LogP contribution in [0, 0.1) is 12.8 Å². The predicted molar refractivity (Wildman–Crippen MR) is 69.0 cm³/mol. The molecule has 2 heterocycles. The van der Waals surface area contributed by atoms with Crippen molar-refractivity contribution in [2.45, 2.75) is 19.8 Å². The van der Waals surface area contributed by atoms with Crippen LogP contribution in [0.15, 0.2) is 6.07 Å². The van der Waals surface area contributed by atoms with E-state index in [4.69, 9.17) is 16.3 Å². The van der Waals surface area contributed by atoms with Gasteiger partial charge in [0, 0.05) is 30.7 Å². The van der Waals surface area contributed by atoms with Gasteiger partial charge in [0.2, 0.25) is 11.8 Å². The summed E-state index contributed by atoms with van der Waals surface area (Å²) in [6.07, 6.45) is 2.24. The molecule has 1 aliphatic heterocycles. The highest BCUT2D eigenvalue weighted by atomic mass is 35.5. The third-order valence-electron chi connectivity index (χ3n) is 3.11. The fraction of sp³-hybridized carbons (Fsp3) is 0.667. The van der Waals surface area contributed by atoms with Crippen LogP contribution < -0.4 is 9.64 Å². The van der Waals surface area contributed by atoms with Gasteiger partial charge in [0.1, 0.15) is 0 Å². The number of aromatic nitrogens is 2. The Balaban J connectivity index is 2.10. The third-order valence-corrected chi connectivity index (χ3v) is 3.33. The van der Waals surface area contributed by atoms with Crippen molar-refractivity contribution in [3.05, 3.63) is 11.8 Å². The van der Waals surface area contributed by atoms with Crippen molar-refractivity contribution in [3.63, 3.8) is 0 Å². The highest BCUT2D eigenvalue weighted by molar-refractivity contribution is 6.17. The normalized spacial score (nSPS) is 19.7. The minimum Gasteiger partial charge on any atom is -0.481 e. The van der Waals surface area contributed by atoms with Crippen LogP contribution in [0.5, 0.6) is 5.88 Å². The van der Waals surface area contributed by atoms with Crippen LogP contribution in [0.25, 0.3) is 0 Å². The van der Waals surface area contributed by atoms with Gasteiger partial charge >= 0.3 is 0 Å². The summed E-state index contributed by atoms with van der Waals surface area (Å²) in [5.41, 5.74) is 0.938. The summed E-state index contributed by atoms with van der Waals surface area (Å²) in [6.45, 7) is 3.97. The maximum absolute atomic E-state index is 5.78. The molecule has 1 aliphatic rings. The van der Waals surface area contributed by atoms with Gasteiger partial charge in [-0.15, -0.1) is 11.6 Å². The second-order valence-corrected chi connectivity index (χ2v) is 4.81. The van der Waals surface area contributed by atoms with Crippen molar-refractivity contribution in [1.82, 2.24) is 9.97 Å². The molecule has 1 aromatic heterocycles. The van der Waals surface area contributed by atoms with Gasteiger partial charge in [0.15, 0.2) is 0 Å². The number of hydrogen-bond donors (Lipinski definition) is 0. The summed E-state index contributed by atoms with van der Waals surface area (Å²) in [6, 6.07) is 1.84. The van der Waals surface area contributed by atoms with Gasteiger partial charge in [-0.25, -0.2) is 4.98 Å². The Bertz CT molecular complexity index is 386. The third kappa shape index (κ3) is 3.00. The van der Waals surface area contributed by atoms with Crippen LogP contribution in [-0.4, -0.2) is 36.0 Å². The van der Waals surface area contributed by atoms with Gasteiger partial charge in [-0.2, -0.15) is 4.98 Å². The predicted octanol–water partition coefficient (Wildman–Crippen LogP) is 2.25. The Morgan fingerprint density at radius 3 is 3.06 bits per heavy atom. The smallest absolute Gasteiger partial charge is 0.228 e. The topological polar surface area (TPSA) is 38.2 Å². The molecule has 0 amide bonds. The number of aryl methyl sites for hydroxylation is 1.